The van der Waals surface area contributed by atoms with Crippen LogP contribution in [0.1, 0.15) is 13.8 Å². The molecule has 0 aliphatic carbocycles. The van der Waals surface area contributed by atoms with Crippen LogP contribution in [-0.2, 0) is 4.79 Å². The molecule has 0 aromatic heterocycles. The maximum absolute atomic E-state index is 11.3. The standard InChI is InChI=1S/C13H18N2O2/c1-5-7-8-15(12(4)17)11(3)14-9-13(6-2)10-16/h5-9,16H,1,3,10H2,2,4H3/b8-7-,13-6+,14-9-. The Morgan fingerprint density at radius 3 is 2.59 bits per heavy atom. The van der Waals surface area contributed by atoms with Gasteiger partial charge in [-0.15, -0.1) is 0 Å². The van der Waals surface area contributed by atoms with Crippen molar-refractivity contribution in [3.63, 3.8) is 0 Å². The van der Waals surface area contributed by atoms with Gasteiger partial charge < -0.3 is 5.11 Å². The molecule has 17 heavy (non-hydrogen) atoms. The lowest BCUT2D eigenvalue weighted by molar-refractivity contribution is -0.124. The van der Waals surface area contributed by atoms with E-state index in [0.29, 0.717) is 5.57 Å². The number of allylic oxidation sites excluding steroid dienone is 3. The average Bonchev–Trinajstić information content (AvgIpc) is 2.30. The number of carbonyl (C=O) groups excluding carboxylic acids is 1. The Balaban J connectivity index is 4.81. The highest BCUT2D eigenvalue weighted by Gasteiger charge is 2.07. The molecule has 1 N–H and O–H groups in total. The van der Waals surface area contributed by atoms with Crippen LogP contribution in [0, 0.1) is 0 Å². The van der Waals surface area contributed by atoms with Crippen LogP contribution in [0.15, 0.2) is 54.0 Å². The molecule has 0 saturated heterocycles. The van der Waals surface area contributed by atoms with Gasteiger partial charge in [-0.1, -0.05) is 25.3 Å². The van der Waals surface area contributed by atoms with Gasteiger partial charge in [0.2, 0.25) is 5.91 Å². The van der Waals surface area contributed by atoms with Gasteiger partial charge in [0.05, 0.1) is 6.61 Å². The van der Waals surface area contributed by atoms with Crippen molar-refractivity contribution in [3.8, 4) is 0 Å². The minimum Gasteiger partial charge on any atom is -0.392 e. The first-order valence-electron chi connectivity index (χ1n) is 5.14. The van der Waals surface area contributed by atoms with E-state index in [1.807, 2.05) is 0 Å². The second kappa shape index (κ2) is 8.24. The maximum atomic E-state index is 11.3. The first-order chi connectivity index (χ1) is 8.06. The van der Waals surface area contributed by atoms with Crippen LogP contribution in [0.5, 0.6) is 0 Å². The molecule has 0 aliphatic heterocycles. The second-order valence-corrected chi connectivity index (χ2v) is 3.16. The number of aliphatic hydroxyl groups excluding tert-OH is 1. The monoisotopic (exact) mass is 234 g/mol. The zero-order valence-corrected chi connectivity index (χ0v) is 10.3. The molecule has 4 heteroatoms. The first-order valence-corrected chi connectivity index (χ1v) is 5.14. The SMILES string of the molecule is C=C/C=C\N(C(=C)/N=C\C(=C/C)CO)C(C)=O. The van der Waals surface area contributed by atoms with Crippen molar-refractivity contribution in [2.75, 3.05) is 6.61 Å². The number of nitrogens with zero attached hydrogens (tertiary/aromatic N) is 2. The van der Waals surface area contributed by atoms with Gasteiger partial charge in [0.25, 0.3) is 0 Å². The normalized spacial score (nSPS) is 12.1. The highest BCUT2D eigenvalue weighted by molar-refractivity contribution is 5.81. The molecular formula is C13H18N2O2. The Morgan fingerprint density at radius 1 is 1.53 bits per heavy atom. The molecule has 0 saturated carbocycles. The Hall–Kier alpha value is -1.94. The van der Waals surface area contributed by atoms with E-state index >= 15 is 0 Å². The Kier molecular flexibility index (Phi) is 7.30. The Labute approximate surface area is 102 Å². The zero-order chi connectivity index (χ0) is 13.3. The molecule has 0 spiro atoms. The fourth-order valence-corrected chi connectivity index (χ4v) is 0.946. The van der Waals surface area contributed by atoms with E-state index in [1.165, 1.54) is 24.2 Å². The topological polar surface area (TPSA) is 52.9 Å². The molecule has 0 bridgehead atoms. The van der Waals surface area contributed by atoms with Crippen molar-refractivity contribution in [1.29, 1.82) is 0 Å². The lowest BCUT2D eigenvalue weighted by Crippen LogP contribution is -2.20. The predicted octanol–water partition coefficient (Wildman–Crippen LogP) is 2.02. The minimum absolute atomic E-state index is 0.101. The summed E-state index contributed by atoms with van der Waals surface area (Å²) in [7, 11) is 0. The van der Waals surface area contributed by atoms with E-state index in [-0.39, 0.29) is 18.3 Å². The Bertz CT molecular complexity index is 379. The number of carbonyl (C=O) groups is 1. The van der Waals surface area contributed by atoms with Crippen LogP contribution in [0.4, 0.5) is 0 Å². The molecule has 0 aromatic rings. The summed E-state index contributed by atoms with van der Waals surface area (Å²) in [6.45, 7) is 10.3. The molecule has 0 aromatic carbocycles. The lowest BCUT2D eigenvalue weighted by atomic mass is 10.3. The number of aliphatic hydroxyl groups is 1. The largest absolute Gasteiger partial charge is 0.392 e. The van der Waals surface area contributed by atoms with Crippen LogP contribution in [-0.4, -0.2) is 28.7 Å². The molecule has 0 radical (unpaired) electrons. The van der Waals surface area contributed by atoms with Gasteiger partial charge in [-0.05, 0) is 18.6 Å². The Morgan fingerprint density at radius 2 is 2.18 bits per heavy atom. The molecule has 0 aliphatic rings. The zero-order valence-electron chi connectivity index (χ0n) is 10.3. The van der Waals surface area contributed by atoms with Crippen molar-refractivity contribution in [2.24, 2.45) is 4.99 Å². The molecule has 1 amide bonds. The van der Waals surface area contributed by atoms with Gasteiger partial charge in [0.1, 0.15) is 5.82 Å². The molecule has 92 valence electrons. The first kappa shape index (κ1) is 15.1. The van der Waals surface area contributed by atoms with Crippen LogP contribution in [0.3, 0.4) is 0 Å². The number of hydrogen-bond acceptors (Lipinski definition) is 3. The highest BCUT2D eigenvalue weighted by Crippen LogP contribution is 2.05. The third-order valence-electron chi connectivity index (χ3n) is 1.92. The van der Waals surface area contributed by atoms with Gasteiger partial charge in [-0.25, -0.2) is 4.99 Å². The van der Waals surface area contributed by atoms with Crippen LogP contribution >= 0.6 is 0 Å². The number of amides is 1. The summed E-state index contributed by atoms with van der Waals surface area (Å²) in [5.41, 5.74) is 0.655. The molecule has 0 atom stereocenters. The molecular weight excluding hydrogens is 216 g/mol. The van der Waals surface area contributed by atoms with Gasteiger partial charge in [-0.3, -0.25) is 9.69 Å². The van der Waals surface area contributed by atoms with E-state index in [9.17, 15) is 4.79 Å². The summed E-state index contributed by atoms with van der Waals surface area (Å²) in [6, 6.07) is 0. The number of hydrogen-bond donors (Lipinski definition) is 1. The van der Waals surface area contributed by atoms with Crippen LogP contribution in [0.2, 0.25) is 0 Å². The molecule has 0 fully saturated rings. The summed E-state index contributed by atoms with van der Waals surface area (Å²) >= 11 is 0. The smallest absolute Gasteiger partial charge is 0.229 e. The van der Waals surface area contributed by atoms with Crippen molar-refractivity contribution in [2.45, 2.75) is 13.8 Å². The number of aliphatic imine (C=N–C) groups is 1. The predicted molar refractivity (Wildman–Crippen MR) is 70.3 cm³/mol. The fourth-order valence-electron chi connectivity index (χ4n) is 0.946. The van der Waals surface area contributed by atoms with Gasteiger partial charge >= 0.3 is 0 Å². The second-order valence-electron chi connectivity index (χ2n) is 3.16. The van der Waals surface area contributed by atoms with E-state index in [2.05, 4.69) is 18.2 Å². The molecule has 0 heterocycles. The molecule has 4 nitrogen and oxygen atoms in total. The summed E-state index contributed by atoms with van der Waals surface area (Å²) < 4.78 is 0. The summed E-state index contributed by atoms with van der Waals surface area (Å²) in [6.07, 6.45) is 7.90. The summed E-state index contributed by atoms with van der Waals surface area (Å²) in [5.74, 6) is 0.0830. The van der Waals surface area contributed by atoms with Crippen LogP contribution in [0.25, 0.3) is 0 Å². The van der Waals surface area contributed by atoms with E-state index in [4.69, 9.17) is 5.11 Å². The van der Waals surface area contributed by atoms with Crippen molar-refractivity contribution in [3.05, 3.63) is 49.0 Å². The van der Waals surface area contributed by atoms with Gasteiger partial charge in [0.15, 0.2) is 0 Å². The van der Waals surface area contributed by atoms with Crippen molar-refractivity contribution >= 4 is 12.1 Å². The van der Waals surface area contributed by atoms with E-state index in [0.717, 1.165) is 0 Å². The van der Waals surface area contributed by atoms with E-state index < -0.39 is 0 Å². The van der Waals surface area contributed by atoms with Crippen molar-refractivity contribution < 1.29 is 9.90 Å². The third-order valence-corrected chi connectivity index (χ3v) is 1.92. The summed E-state index contributed by atoms with van der Waals surface area (Å²) in [4.78, 5) is 16.6. The third kappa shape index (κ3) is 5.63. The average molecular weight is 234 g/mol. The van der Waals surface area contributed by atoms with Gasteiger partial charge in [0, 0.05) is 19.3 Å². The molecule has 0 unspecified atom stereocenters. The van der Waals surface area contributed by atoms with E-state index in [1.54, 1.807) is 25.2 Å². The van der Waals surface area contributed by atoms with Crippen LogP contribution < -0.4 is 0 Å². The minimum atomic E-state index is -0.198. The summed E-state index contributed by atoms with van der Waals surface area (Å²) in [5, 5.41) is 8.93. The van der Waals surface area contributed by atoms with Gasteiger partial charge in [-0.2, -0.15) is 0 Å². The lowest BCUT2D eigenvalue weighted by Gasteiger charge is -2.14. The number of rotatable bonds is 6. The van der Waals surface area contributed by atoms with Crippen molar-refractivity contribution in [1.82, 2.24) is 4.90 Å². The maximum Gasteiger partial charge on any atom is 0.229 e. The quantitative estimate of drug-likeness (QED) is 0.564. The fraction of sp³-hybridized carbons (Fsp3) is 0.231. The highest BCUT2D eigenvalue weighted by atomic mass is 16.3. The molecule has 0 rings (SSSR count).